The van der Waals surface area contributed by atoms with Gasteiger partial charge in [-0.15, -0.1) is 0 Å². The average Bonchev–Trinajstić information content (AvgIpc) is 3.24. The highest BCUT2D eigenvalue weighted by Crippen LogP contribution is 2.26. The summed E-state index contributed by atoms with van der Waals surface area (Å²) in [6.45, 7) is 3.71. The first-order chi connectivity index (χ1) is 14.0. The van der Waals surface area contributed by atoms with Crippen LogP contribution in [0.15, 0.2) is 71.8 Å². The summed E-state index contributed by atoms with van der Waals surface area (Å²) in [7, 11) is 0. The van der Waals surface area contributed by atoms with Gasteiger partial charge < -0.3 is 9.88 Å². The molecule has 2 heterocycles. The monoisotopic (exact) mass is 406 g/mol. The lowest BCUT2D eigenvalue weighted by Gasteiger charge is -2.15. The number of nitrogens with zero attached hydrogens (tertiary/aromatic N) is 3. The Morgan fingerprint density at radius 3 is 2.41 bits per heavy atom. The smallest absolute Gasteiger partial charge is 0.276 e. The molecule has 1 amide bonds. The largest absolute Gasteiger partial charge is 0.322 e. The van der Waals surface area contributed by atoms with Crippen molar-refractivity contribution in [2.24, 2.45) is 0 Å². The summed E-state index contributed by atoms with van der Waals surface area (Å²) in [4.78, 5) is 25.9. The van der Waals surface area contributed by atoms with Crippen LogP contribution in [0.25, 0.3) is 16.5 Å². The van der Waals surface area contributed by atoms with Crippen molar-refractivity contribution < 1.29 is 4.79 Å². The number of rotatable bonds is 4. The third-order valence-electron chi connectivity index (χ3n) is 4.62. The zero-order chi connectivity index (χ0) is 20.5. The van der Waals surface area contributed by atoms with E-state index in [1.165, 1.54) is 4.68 Å². The molecule has 0 aliphatic heterocycles. The van der Waals surface area contributed by atoms with Gasteiger partial charge in [0.1, 0.15) is 0 Å². The van der Waals surface area contributed by atoms with Gasteiger partial charge in [-0.2, -0.15) is 5.10 Å². The van der Waals surface area contributed by atoms with Crippen LogP contribution in [0.3, 0.4) is 0 Å². The SMILES string of the molecule is CC(C)n1nc(C(=O)Nc2ccc(Cl)cc2-n2cccc2)c2ccccc2c1=O. The molecule has 0 radical (unpaired) electrons. The number of nitrogens with one attached hydrogen (secondary N) is 1. The van der Waals surface area contributed by atoms with Gasteiger partial charge in [-0.1, -0.05) is 29.8 Å². The Bertz CT molecular complexity index is 1260. The van der Waals surface area contributed by atoms with Crippen molar-refractivity contribution in [1.82, 2.24) is 14.3 Å². The summed E-state index contributed by atoms with van der Waals surface area (Å²) in [5.41, 5.74) is 1.30. The fraction of sp³-hybridized carbons (Fsp3) is 0.136. The van der Waals surface area contributed by atoms with E-state index in [1.807, 2.05) is 42.9 Å². The minimum absolute atomic E-state index is 0.176. The lowest BCUT2D eigenvalue weighted by atomic mass is 10.1. The zero-order valence-electron chi connectivity index (χ0n) is 16.0. The number of amides is 1. The van der Waals surface area contributed by atoms with Crippen molar-refractivity contribution in [2.75, 3.05) is 5.32 Å². The number of anilines is 1. The minimum atomic E-state index is -0.397. The molecule has 0 unspecified atom stereocenters. The van der Waals surface area contributed by atoms with E-state index < -0.39 is 5.91 Å². The van der Waals surface area contributed by atoms with Gasteiger partial charge >= 0.3 is 0 Å². The van der Waals surface area contributed by atoms with Crippen LogP contribution < -0.4 is 10.9 Å². The Hall–Kier alpha value is -3.38. The minimum Gasteiger partial charge on any atom is -0.322 e. The van der Waals surface area contributed by atoms with Crippen molar-refractivity contribution in [3.63, 3.8) is 0 Å². The van der Waals surface area contributed by atoms with Crippen LogP contribution in [-0.4, -0.2) is 20.3 Å². The van der Waals surface area contributed by atoms with Crippen molar-refractivity contribution in [3.8, 4) is 5.69 Å². The fourth-order valence-electron chi connectivity index (χ4n) is 3.22. The number of halogens is 1. The van der Waals surface area contributed by atoms with E-state index in [9.17, 15) is 9.59 Å². The van der Waals surface area contributed by atoms with Crippen LogP contribution in [0.1, 0.15) is 30.4 Å². The maximum absolute atomic E-state index is 13.2. The first-order valence-electron chi connectivity index (χ1n) is 9.21. The number of hydrogen-bond donors (Lipinski definition) is 1. The number of hydrogen-bond acceptors (Lipinski definition) is 3. The standard InChI is InChI=1S/C22H19ClN4O2/c1-14(2)27-22(29)17-8-4-3-7-16(17)20(25-27)21(28)24-18-10-9-15(23)13-19(18)26-11-5-6-12-26/h3-14H,1-2H3,(H,24,28). The highest BCUT2D eigenvalue weighted by molar-refractivity contribution is 6.31. The quantitative estimate of drug-likeness (QED) is 0.535. The molecule has 0 bridgehead atoms. The van der Waals surface area contributed by atoms with Gasteiger partial charge in [-0.25, -0.2) is 4.68 Å². The Kier molecular flexibility index (Phi) is 4.94. The molecule has 7 heteroatoms. The highest BCUT2D eigenvalue weighted by Gasteiger charge is 2.19. The summed E-state index contributed by atoms with van der Waals surface area (Å²) in [6, 6.07) is 15.8. The van der Waals surface area contributed by atoms with Crippen molar-refractivity contribution in [2.45, 2.75) is 19.9 Å². The molecule has 0 aliphatic rings. The third kappa shape index (κ3) is 3.54. The van der Waals surface area contributed by atoms with Gasteiger partial charge in [0.25, 0.3) is 11.5 Å². The van der Waals surface area contributed by atoms with E-state index in [2.05, 4.69) is 10.4 Å². The second-order valence-electron chi connectivity index (χ2n) is 6.94. The molecule has 4 aromatic rings. The Morgan fingerprint density at radius 2 is 1.72 bits per heavy atom. The van der Waals surface area contributed by atoms with Crippen molar-refractivity contribution in [1.29, 1.82) is 0 Å². The molecular weight excluding hydrogens is 388 g/mol. The van der Waals surface area contributed by atoms with Gasteiger partial charge in [0.05, 0.1) is 22.8 Å². The van der Waals surface area contributed by atoms with Crippen LogP contribution in [0.2, 0.25) is 5.02 Å². The molecule has 1 N–H and O–H groups in total. The summed E-state index contributed by atoms with van der Waals surface area (Å²) in [6.07, 6.45) is 3.74. The molecule has 2 aromatic carbocycles. The van der Waals surface area contributed by atoms with Gasteiger partial charge in [-0.05, 0) is 50.2 Å². The lowest BCUT2D eigenvalue weighted by Crippen LogP contribution is -2.29. The molecular formula is C22H19ClN4O2. The normalized spacial score (nSPS) is 11.2. The molecule has 0 aliphatic carbocycles. The predicted molar refractivity (Wildman–Crippen MR) is 115 cm³/mol. The van der Waals surface area contributed by atoms with Crippen LogP contribution >= 0.6 is 11.6 Å². The van der Waals surface area contributed by atoms with Gasteiger partial charge in [0, 0.05) is 22.8 Å². The van der Waals surface area contributed by atoms with Gasteiger partial charge in [-0.3, -0.25) is 9.59 Å². The molecule has 4 rings (SSSR count). The molecule has 146 valence electrons. The molecule has 0 saturated heterocycles. The molecule has 0 spiro atoms. The first-order valence-corrected chi connectivity index (χ1v) is 9.59. The van der Waals surface area contributed by atoms with Crippen LogP contribution in [0.5, 0.6) is 0 Å². The summed E-state index contributed by atoms with van der Waals surface area (Å²) in [5.74, 6) is -0.397. The number of aromatic nitrogens is 3. The van der Waals surface area contributed by atoms with E-state index in [0.29, 0.717) is 21.5 Å². The number of benzene rings is 2. The average molecular weight is 407 g/mol. The van der Waals surface area contributed by atoms with E-state index in [1.54, 1.807) is 42.5 Å². The summed E-state index contributed by atoms with van der Waals surface area (Å²) >= 11 is 6.16. The second-order valence-corrected chi connectivity index (χ2v) is 7.38. The van der Waals surface area contributed by atoms with Crippen LogP contribution in [0.4, 0.5) is 5.69 Å². The second kappa shape index (κ2) is 7.56. The zero-order valence-corrected chi connectivity index (χ0v) is 16.7. The highest BCUT2D eigenvalue weighted by atomic mass is 35.5. The molecule has 29 heavy (non-hydrogen) atoms. The van der Waals surface area contributed by atoms with Gasteiger partial charge in [0.15, 0.2) is 5.69 Å². The molecule has 0 atom stereocenters. The van der Waals surface area contributed by atoms with E-state index in [0.717, 1.165) is 5.69 Å². The van der Waals surface area contributed by atoms with Crippen molar-refractivity contribution in [3.05, 3.63) is 88.1 Å². The Morgan fingerprint density at radius 1 is 1.03 bits per heavy atom. The number of fused-ring (bicyclic) bond motifs is 1. The predicted octanol–water partition coefficient (Wildman–Crippen LogP) is 4.67. The van der Waals surface area contributed by atoms with Crippen molar-refractivity contribution >= 4 is 34.0 Å². The summed E-state index contributed by atoms with van der Waals surface area (Å²) in [5, 5.41) is 8.83. The van der Waals surface area contributed by atoms with E-state index in [-0.39, 0.29) is 17.3 Å². The maximum Gasteiger partial charge on any atom is 0.276 e. The molecule has 0 saturated carbocycles. The summed E-state index contributed by atoms with van der Waals surface area (Å²) < 4.78 is 3.20. The third-order valence-corrected chi connectivity index (χ3v) is 4.86. The van der Waals surface area contributed by atoms with E-state index >= 15 is 0 Å². The topological polar surface area (TPSA) is 68.9 Å². The first kappa shape index (κ1) is 19.0. The lowest BCUT2D eigenvalue weighted by molar-refractivity contribution is 0.102. The van der Waals surface area contributed by atoms with Crippen LogP contribution in [0, 0.1) is 0 Å². The fourth-order valence-corrected chi connectivity index (χ4v) is 3.39. The Labute approximate surface area is 172 Å². The van der Waals surface area contributed by atoms with E-state index in [4.69, 9.17) is 11.6 Å². The number of carbonyl (C=O) groups excluding carboxylic acids is 1. The van der Waals surface area contributed by atoms with Crippen LogP contribution in [-0.2, 0) is 0 Å². The molecule has 0 fully saturated rings. The van der Waals surface area contributed by atoms with Gasteiger partial charge in [0.2, 0.25) is 0 Å². The molecule has 2 aromatic heterocycles. The maximum atomic E-state index is 13.2. The Balaban J connectivity index is 1.82. The molecule has 6 nitrogen and oxygen atoms in total. The number of carbonyl (C=O) groups is 1.